The van der Waals surface area contributed by atoms with Crippen molar-refractivity contribution in [1.82, 2.24) is 19.5 Å². The van der Waals surface area contributed by atoms with Gasteiger partial charge in [0.1, 0.15) is 0 Å². The van der Waals surface area contributed by atoms with Crippen molar-refractivity contribution in [2.24, 2.45) is 0 Å². The normalized spacial score (nSPS) is 11.5. The summed E-state index contributed by atoms with van der Waals surface area (Å²) in [6.07, 6.45) is 0. The van der Waals surface area contributed by atoms with Crippen molar-refractivity contribution < 1.29 is 0 Å². The minimum Gasteiger partial charge on any atom is -0.309 e. The molecule has 0 aliphatic heterocycles. The second-order valence-corrected chi connectivity index (χ2v) is 12.8. The van der Waals surface area contributed by atoms with Crippen molar-refractivity contribution in [3.8, 4) is 51.0 Å². The van der Waals surface area contributed by atoms with Crippen molar-refractivity contribution in [2.75, 3.05) is 0 Å². The average molecular weight is 651 g/mol. The Morgan fingerprint density at radius 1 is 0.275 bits per heavy atom. The fourth-order valence-electron chi connectivity index (χ4n) is 7.58. The Morgan fingerprint density at radius 3 is 1.12 bits per heavy atom. The Bertz CT molecular complexity index is 2720. The van der Waals surface area contributed by atoms with Crippen LogP contribution in [0, 0.1) is 0 Å². The average Bonchev–Trinajstić information content (AvgIpc) is 3.55. The molecule has 51 heavy (non-hydrogen) atoms. The molecule has 0 saturated carbocycles. The van der Waals surface area contributed by atoms with E-state index in [-0.39, 0.29) is 0 Å². The van der Waals surface area contributed by atoms with Gasteiger partial charge in [0.2, 0.25) is 0 Å². The van der Waals surface area contributed by atoms with Gasteiger partial charge < -0.3 is 4.57 Å². The van der Waals surface area contributed by atoms with E-state index in [2.05, 4.69) is 150 Å². The first-order chi connectivity index (χ1) is 25.3. The summed E-state index contributed by atoms with van der Waals surface area (Å²) in [6, 6.07) is 63.9. The second-order valence-electron chi connectivity index (χ2n) is 12.8. The molecule has 10 rings (SSSR count). The third-order valence-electron chi connectivity index (χ3n) is 9.85. The first-order valence-corrected chi connectivity index (χ1v) is 17.2. The Morgan fingerprint density at radius 2 is 0.647 bits per heavy atom. The molecule has 0 saturated heterocycles. The zero-order valence-electron chi connectivity index (χ0n) is 27.6. The van der Waals surface area contributed by atoms with Crippen LogP contribution in [0.25, 0.3) is 94.3 Å². The van der Waals surface area contributed by atoms with Crippen LogP contribution in [0.15, 0.2) is 182 Å². The Kier molecular flexibility index (Phi) is 6.78. The fraction of sp³-hybridized carbons (Fsp3) is 0. The summed E-state index contributed by atoms with van der Waals surface area (Å²) in [4.78, 5) is 15.3. The number of fused-ring (bicyclic) bond motifs is 5. The lowest BCUT2D eigenvalue weighted by Crippen LogP contribution is -2.01. The molecule has 0 aliphatic carbocycles. The maximum absolute atomic E-state index is 5.17. The molecule has 0 N–H and O–H groups in total. The smallest absolute Gasteiger partial charge is 0.165 e. The summed E-state index contributed by atoms with van der Waals surface area (Å²) in [5.41, 5.74) is 8.79. The molecular weight excluding hydrogens is 621 g/mol. The van der Waals surface area contributed by atoms with Gasteiger partial charge in [0.05, 0.1) is 11.0 Å². The quantitative estimate of drug-likeness (QED) is 0.174. The number of aromatic nitrogens is 4. The predicted octanol–water partition coefficient (Wildman–Crippen LogP) is 11.9. The number of hydrogen-bond donors (Lipinski definition) is 0. The van der Waals surface area contributed by atoms with Gasteiger partial charge in [0, 0.05) is 33.2 Å². The SMILES string of the molecule is c1ccc(-c2nc(-c3ccccc3)nc(-c3c4ccccc4c(-c4ccc(-n5c6ccccc6c6ccccc65)cc4)c4ccccc34)n2)cc1. The molecule has 10 aromatic rings. The summed E-state index contributed by atoms with van der Waals surface area (Å²) in [5, 5.41) is 7.02. The first kappa shape index (κ1) is 29.0. The van der Waals surface area contributed by atoms with Crippen LogP contribution in [0.4, 0.5) is 0 Å². The number of para-hydroxylation sites is 2. The molecule has 8 aromatic carbocycles. The first-order valence-electron chi connectivity index (χ1n) is 17.2. The molecular formula is C47H30N4. The second kappa shape index (κ2) is 11.9. The van der Waals surface area contributed by atoms with Crippen molar-refractivity contribution in [3.05, 3.63) is 182 Å². The van der Waals surface area contributed by atoms with Crippen LogP contribution in [0.1, 0.15) is 0 Å². The van der Waals surface area contributed by atoms with Crippen LogP contribution in [0.2, 0.25) is 0 Å². The topological polar surface area (TPSA) is 43.6 Å². The third kappa shape index (κ3) is 4.80. The zero-order valence-corrected chi connectivity index (χ0v) is 27.6. The largest absolute Gasteiger partial charge is 0.309 e. The maximum Gasteiger partial charge on any atom is 0.165 e. The molecule has 2 aromatic heterocycles. The van der Waals surface area contributed by atoms with E-state index in [0.29, 0.717) is 17.5 Å². The lowest BCUT2D eigenvalue weighted by molar-refractivity contribution is 1.08. The van der Waals surface area contributed by atoms with Crippen LogP contribution >= 0.6 is 0 Å². The lowest BCUT2D eigenvalue weighted by atomic mass is 9.88. The zero-order chi connectivity index (χ0) is 33.7. The number of rotatable bonds is 5. The summed E-state index contributed by atoms with van der Waals surface area (Å²) in [5.74, 6) is 1.96. The highest BCUT2D eigenvalue weighted by atomic mass is 15.0. The minimum atomic E-state index is 0.650. The minimum absolute atomic E-state index is 0.650. The van der Waals surface area contributed by atoms with Crippen molar-refractivity contribution in [2.45, 2.75) is 0 Å². The summed E-state index contributed by atoms with van der Waals surface area (Å²) >= 11 is 0. The van der Waals surface area contributed by atoms with Crippen molar-refractivity contribution in [1.29, 1.82) is 0 Å². The fourth-order valence-corrected chi connectivity index (χ4v) is 7.58. The van der Waals surface area contributed by atoms with E-state index in [1.165, 1.54) is 27.4 Å². The monoisotopic (exact) mass is 650 g/mol. The van der Waals surface area contributed by atoms with Gasteiger partial charge in [-0.25, -0.2) is 15.0 Å². The maximum atomic E-state index is 5.17. The van der Waals surface area contributed by atoms with E-state index in [9.17, 15) is 0 Å². The number of hydrogen-bond acceptors (Lipinski definition) is 3. The summed E-state index contributed by atoms with van der Waals surface area (Å²) < 4.78 is 2.36. The molecule has 0 spiro atoms. The third-order valence-corrected chi connectivity index (χ3v) is 9.85. The highest BCUT2D eigenvalue weighted by Crippen LogP contribution is 2.43. The highest BCUT2D eigenvalue weighted by Gasteiger charge is 2.21. The number of benzene rings is 8. The molecule has 0 aliphatic rings. The van der Waals surface area contributed by atoms with E-state index in [1.807, 2.05) is 36.4 Å². The molecule has 2 heterocycles. The van der Waals surface area contributed by atoms with Crippen LogP contribution in [-0.2, 0) is 0 Å². The van der Waals surface area contributed by atoms with Gasteiger partial charge in [-0.15, -0.1) is 0 Å². The van der Waals surface area contributed by atoms with Gasteiger partial charge in [0.25, 0.3) is 0 Å². The van der Waals surface area contributed by atoms with Gasteiger partial charge >= 0.3 is 0 Å². The predicted molar refractivity (Wildman–Crippen MR) is 211 cm³/mol. The molecule has 0 radical (unpaired) electrons. The van der Waals surface area contributed by atoms with Gasteiger partial charge in [-0.1, -0.05) is 158 Å². The van der Waals surface area contributed by atoms with E-state index < -0.39 is 0 Å². The van der Waals surface area contributed by atoms with E-state index in [1.54, 1.807) is 0 Å². The molecule has 238 valence electrons. The van der Waals surface area contributed by atoms with Crippen LogP contribution < -0.4 is 0 Å². The molecule has 4 nitrogen and oxygen atoms in total. The molecule has 4 heteroatoms. The van der Waals surface area contributed by atoms with Gasteiger partial charge in [-0.3, -0.25) is 0 Å². The summed E-state index contributed by atoms with van der Waals surface area (Å²) in [7, 11) is 0. The highest BCUT2D eigenvalue weighted by molar-refractivity contribution is 6.21. The Hall–Kier alpha value is -6.91. The van der Waals surface area contributed by atoms with E-state index in [0.717, 1.165) is 49.5 Å². The molecule has 0 amide bonds. The van der Waals surface area contributed by atoms with Gasteiger partial charge in [-0.2, -0.15) is 0 Å². The van der Waals surface area contributed by atoms with Crippen molar-refractivity contribution in [3.63, 3.8) is 0 Å². The summed E-state index contributed by atoms with van der Waals surface area (Å²) in [6.45, 7) is 0. The molecule has 0 unspecified atom stereocenters. The van der Waals surface area contributed by atoms with E-state index >= 15 is 0 Å². The van der Waals surface area contributed by atoms with Crippen LogP contribution in [0.5, 0.6) is 0 Å². The lowest BCUT2D eigenvalue weighted by Gasteiger charge is -2.18. The number of nitrogens with zero attached hydrogens (tertiary/aromatic N) is 4. The van der Waals surface area contributed by atoms with Crippen LogP contribution in [-0.4, -0.2) is 19.5 Å². The molecule has 0 fully saturated rings. The molecule has 0 atom stereocenters. The molecule has 0 bridgehead atoms. The van der Waals surface area contributed by atoms with Gasteiger partial charge in [-0.05, 0) is 56.9 Å². The standard InChI is InChI=1S/C47H30N4/c1-3-15-32(16-4-1)45-48-46(33-17-5-2-6-18-33)50-47(49-45)44-39-23-9-7-21-37(39)43(38-22-8-10-24-40(38)44)31-27-29-34(30-28-31)51-41-25-13-11-19-35(41)36-20-12-14-26-42(36)51/h1-30H. The van der Waals surface area contributed by atoms with Crippen LogP contribution in [0.3, 0.4) is 0 Å². The Balaban J connectivity index is 1.20. The van der Waals surface area contributed by atoms with Gasteiger partial charge in [0.15, 0.2) is 17.5 Å². The van der Waals surface area contributed by atoms with Crippen molar-refractivity contribution >= 4 is 43.4 Å². The van der Waals surface area contributed by atoms with E-state index in [4.69, 9.17) is 15.0 Å². The Labute approximate surface area is 295 Å².